The van der Waals surface area contributed by atoms with Gasteiger partial charge in [0.1, 0.15) is 5.82 Å². The predicted octanol–water partition coefficient (Wildman–Crippen LogP) is 11.0. The summed E-state index contributed by atoms with van der Waals surface area (Å²) in [5.41, 5.74) is 6.72. The largest absolute Gasteiger partial charge is 0.293 e. The van der Waals surface area contributed by atoms with Crippen LogP contribution in [-0.2, 0) is 0 Å². The highest BCUT2D eigenvalue weighted by atomic mass is 15.1. The first-order valence-electron chi connectivity index (χ1n) is 14.7. The van der Waals surface area contributed by atoms with Crippen molar-refractivity contribution in [1.82, 2.24) is 9.55 Å². The van der Waals surface area contributed by atoms with Crippen LogP contribution in [-0.4, -0.2) is 9.55 Å². The maximum Gasteiger partial charge on any atom is 0.138 e. The molecular formula is C41H26N2. The van der Waals surface area contributed by atoms with Gasteiger partial charge in [-0.15, -0.1) is 0 Å². The minimum absolute atomic E-state index is 0.913. The zero-order valence-electron chi connectivity index (χ0n) is 23.4. The molecule has 0 fully saturated rings. The summed E-state index contributed by atoms with van der Waals surface area (Å²) >= 11 is 0. The Morgan fingerprint density at radius 1 is 0.395 bits per heavy atom. The second kappa shape index (κ2) is 9.40. The van der Waals surface area contributed by atoms with E-state index in [0.29, 0.717) is 0 Å². The second-order valence-electron chi connectivity index (χ2n) is 11.2. The molecule has 2 nitrogen and oxygen atoms in total. The summed E-state index contributed by atoms with van der Waals surface area (Å²) in [6.45, 7) is 0. The molecule has 0 bridgehead atoms. The van der Waals surface area contributed by atoms with Gasteiger partial charge in [0.2, 0.25) is 0 Å². The topological polar surface area (TPSA) is 17.8 Å². The molecule has 0 aliphatic carbocycles. The molecular weight excluding hydrogens is 520 g/mol. The molecule has 0 aliphatic heterocycles. The van der Waals surface area contributed by atoms with Crippen LogP contribution in [0, 0.1) is 0 Å². The highest BCUT2D eigenvalue weighted by Crippen LogP contribution is 2.43. The van der Waals surface area contributed by atoms with Crippen molar-refractivity contribution in [2.75, 3.05) is 0 Å². The van der Waals surface area contributed by atoms with Gasteiger partial charge in [0.15, 0.2) is 0 Å². The third-order valence-electron chi connectivity index (χ3n) is 8.72. The molecule has 0 N–H and O–H groups in total. The number of hydrogen-bond acceptors (Lipinski definition) is 1. The van der Waals surface area contributed by atoms with Gasteiger partial charge >= 0.3 is 0 Å². The Labute approximate surface area is 249 Å². The Hall–Kier alpha value is -5.73. The first-order valence-corrected chi connectivity index (χ1v) is 14.7. The summed E-state index contributed by atoms with van der Waals surface area (Å²) in [4.78, 5) is 5.40. The number of rotatable bonds is 3. The smallest absolute Gasteiger partial charge is 0.138 e. The average molecular weight is 547 g/mol. The Morgan fingerprint density at radius 3 is 1.67 bits per heavy atom. The van der Waals surface area contributed by atoms with Crippen LogP contribution >= 0.6 is 0 Å². The average Bonchev–Trinajstić information content (AvgIpc) is 3.42. The summed E-state index contributed by atoms with van der Waals surface area (Å²) in [7, 11) is 0. The van der Waals surface area contributed by atoms with Crippen LogP contribution in [0.4, 0.5) is 0 Å². The summed E-state index contributed by atoms with van der Waals surface area (Å²) in [6.07, 6.45) is 0. The standard InChI is InChI=1S/C41H26N2/c1-3-13-27(14-4-1)31-24-37(28-15-5-2-6-16-28)42-39(26-31)43-38-25-30-18-8-7-17-29(30)23-36(38)40-34-21-11-9-19-32(34)33-20-10-12-22-35(33)41(40)43/h1-26H. The van der Waals surface area contributed by atoms with Crippen LogP contribution in [0.15, 0.2) is 158 Å². The highest BCUT2D eigenvalue weighted by molar-refractivity contribution is 6.32. The maximum absolute atomic E-state index is 5.40. The van der Waals surface area contributed by atoms with Crippen molar-refractivity contribution in [1.29, 1.82) is 0 Å². The molecule has 0 radical (unpaired) electrons. The zero-order valence-corrected chi connectivity index (χ0v) is 23.4. The van der Waals surface area contributed by atoms with Crippen LogP contribution in [0.1, 0.15) is 0 Å². The third kappa shape index (κ3) is 3.70. The summed E-state index contributed by atoms with van der Waals surface area (Å²) in [6, 6.07) is 56.6. The van der Waals surface area contributed by atoms with Crippen molar-refractivity contribution >= 4 is 54.1 Å². The van der Waals surface area contributed by atoms with E-state index in [1.165, 1.54) is 54.2 Å². The van der Waals surface area contributed by atoms with E-state index in [2.05, 4.69) is 162 Å². The Morgan fingerprint density at radius 2 is 0.953 bits per heavy atom. The monoisotopic (exact) mass is 546 g/mol. The Balaban J connectivity index is 1.51. The molecule has 2 aromatic heterocycles. The first-order chi connectivity index (χ1) is 21.3. The van der Waals surface area contributed by atoms with Gasteiger partial charge in [-0.25, -0.2) is 4.98 Å². The number of nitrogens with zero attached hydrogens (tertiary/aromatic N) is 2. The molecule has 9 aromatic rings. The lowest BCUT2D eigenvalue weighted by molar-refractivity contribution is 1.09. The molecule has 0 amide bonds. The minimum Gasteiger partial charge on any atom is -0.293 e. The SMILES string of the molecule is c1ccc(-c2cc(-c3ccccc3)nc(-n3c4cc5ccccc5cc4c4c5ccccc5c5ccccc5c43)c2)cc1. The van der Waals surface area contributed by atoms with E-state index in [1.807, 2.05) is 0 Å². The Bertz CT molecular complexity index is 2430. The molecule has 2 heterocycles. The lowest BCUT2D eigenvalue weighted by atomic mass is 9.96. The van der Waals surface area contributed by atoms with Gasteiger partial charge in [0.05, 0.1) is 16.7 Å². The highest BCUT2D eigenvalue weighted by Gasteiger charge is 2.21. The van der Waals surface area contributed by atoms with E-state index in [-0.39, 0.29) is 0 Å². The summed E-state index contributed by atoms with van der Waals surface area (Å²) in [5.74, 6) is 0.913. The van der Waals surface area contributed by atoms with Crippen LogP contribution in [0.5, 0.6) is 0 Å². The van der Waals surface area contributed by atoms with Gasteiger partial charge in [-0.3, -0.25) is 4.57 Å². The molecule has 43 heavy (non-hydrogen) atoms. The molecule has 9 rings (SSSR count). The van der Waals surface area contributed by atoms with Crippen molar-refractivity contribution in [2.45, 2.75) is 0 Å². The molecule has 2 heteroatoms. The molecule has 0 spiro atoms. The molecule has 0 unspecified atom stereocenters. The van der Waals surface area contributed by atoms with Crippen molar-refractivity contribution in [3.8, 4) is 28.2 Å². The van der Waals surface area contributed by atoms with Crippen LogP contribution in [0.3, 0.4) is 0 Å². The van der Waals surface area contributed by atoms with E-state index >= 15 is 0 Å². The number of benzene rings is 7. The lowest BCUT2D eigenvalue weighted by Gasteiger charge is -2.14. The van der Waals surface area contributed by atoms with Crippen molar-refractivity contribution in [2.24, 2.45) is 0 Å². The fourth-order valence-electron chi connectivity index (χ4n) is 6.78. The van der Waals surface area contributed by atoms with Crippen LogP contribution in [0.25, 0.3) is 82.3 Å². The molecule has 0 saturated carbocycles. The van der Waals surface area contributed by atoms with Gasteiger partial charge in [-0.2, -0.15) is 0 Å². The minimum atomic E-state index is 0.913. The molecule has 0 aliphatic rings. The van der Waals surface area contributed by atoms with E-state index < -0.39 is 0 Å². The summed E-state index contributed by atoms with van der Waals surface area (Å²) < 4.78 is 2.41. The number of pyridine rings is 1. The van der Waals surface area contributed by atoms with E-state index in [1.54, 1.807) is 0 Å². The number of aromatic nitrogens is 2. The zero-order chi connectivity index (χ0) is 28.3. The van der Waals surface area contributed by atoms with Crippen molar-refractivity contribution in [3.63, 3.8) is 0 Å². The van der Waals surface area contributed by atoms with E-state index in [4.69, 9.17) is 4.98 Å². The van der Waals surface area contributed by atoms with Crippen molar-refractivity contribution in [3.05, 3.63) is 158 Å². The normalized spacial score (nSPS) is 11.7. The van der Waals surface area contributed by atoms with Crippen LogP contribution in [0.2, 0.25) is 0 Å². The molecule has 0 atom stereocenters. The third-order valence-corrected chi connectivity index (χ3v) is 8.72. The molecule has 7 aromatic carbocycles. The fourth-order valence-corrected chi connectivity index (χ4v) is 6.78. The van der Waals surface area contributed by atoms with Gasteiger partial charge in [0.25, 0.3) is 0 Å². The van der Waals surface area contributed by atoms with E-state index in [9.17, 15) is 0 Å². The summed E-state index contributed by atoms with van der Waals surface area (Å²) in [5, 5.41) is 9.97. The van der Waals surface area contributed by atoms with E-state index in [0.717, 1.165) is 28.2 Å². The predicted molar refractivity (Wildman–Crippen MR) is 182 cm³/mol. The first kappa shape index (κ1) is 23.9. The van der Waals surface area contributed by atoms with Gasteiger partial charge in [-0.05, 0) is 62.3 Å². The fraction of sp³-hybridized carbons (Fsp3) is 0. The van der Waals surface area contributed by atoms with Gasteiger partial charge in [-0.1, -0.05) is 133 Å². The second-order valence-corrected chi connectivity index (χ2v) is 11.2. The van der Waals surface area contributed by atoms with Gasteiger partial charge < -0.3 is 0 Å². The number of fused-ring (bicyclic) bond motifs is 9. The van der Waals surface area contributed by atoms with Gasteiger partial charge in [0, 0.05) is 21.7 Å². The maximum atomic E-state index is 5.40. The van der Waals surface area contributed by atoms with Crippen molar-refractivity contribution < 1.29 is 0 Å². The lowest BCUT2D eigenvalue weighted by Crippen LogP contribution is -2.00. The quantitative estimate of drug-likeness (QED) is 0.202. The Kier molecular flexibility index (Phi) is 5.23. The number of hydrogen-bond donors (Lipinski definition) is 0. The van der Waals surface area contributed by atoms with Crippen LogP contribution < -0.4 is 0 Å². The molecule has 200 valence electrons. The molecule has 0 saturated heterocycles.